The summed E-state index contributed by atoms with van der Waals surface area (Å²) in [4.78, 5) is 4.14. The molecule has 0 amide bonds. The lowest BCUT2D eigenvalue weighted by Gasteiger charge is -2.04. The molecule has 1 aliphatic carbocycles. The van der Waals surface area contributed by atoms with E-state index in [1.54, 1.807) is 16.7 Å². The molecule has 1 aromatic heterocycles. The Morgan fingerprint density at radius 1 is 1.47 bits per heavy atom. The largest absolute Gasteiger partial charge is 0.309 e. The van der Waals surface area contributed by atoms with Gasteiger partial charge in [-0.3, -0.25) is 0 Å². The fraction of sp³-hybridized carbons (Fsp3) is 0.300. The van der Waals surface area contributed by atoms with Crippen LogP contribution in [0.2, 0.25) is 5.28 Å². The maximum atomic E-state index is 13.9. The Morgan fingerprint density at radius 2 is 2.20 bits per heavy atom. The Bertz CT molecular complexity index is 548. The molecule has 0 spiro atoms. The number of hydrogen-bond acceptors (Lipinski definition) is 1. The molecule has 15 heavy (non-hydrogen) atoms. The summed E-state index contributed by atoms with van der Waals surface area (Å²) in [5.74, 6) is -0.279. The third-order valence-corrected chi connectivity index (χ3v) is 3.49. The number of imidazole rings is 1. The Labute approximate surface area is 99.2 Å². The number of rotatable bonds is 1. The van der Waals surface area contributed by atoms with Crippen LogP contribution >= 0.6 is 27.5 Å². The van der Waals surface area contributed by atoms with Crippen LogP contribution in [0.15, 0.2) is 16.6 Å². The van der Waals surface area contributed by atoms with Crippen molar-refractivity contribution in [2.24, 2.45) is 0 Å². The van der Waals surface area contributed by atoms with E-state index in [9.17, 15) is 4.39 Å². The molecule has 0 atom stereocenters. The van der Waals surface area contributed by atoms with Crippen LogP contribution in [0.4, 0.5) is 4.39 Å². The molecule has 1 aromatic carbocycles. The van der Waals surface area contributed by atoms with Crippen molar-refractivity contribution in [3.05, 3.63) is 27.7 Å². The highest BCUT2D eigenvalue weighted by molar-refractivity contribution is 9.10. The van der Waals surface area contributed by atoms with Gasteiger partial charge >= 0.3 is 0 Å². The van der Waals surface area contributed by atoms with Crippen molar-refractivity contribution in [3.63, 3.8) is 0 Å². The van der Waals surface area contributed by atoms with Crippen molar-refractivity contribution in [2.75, 3.05) is 0 Å². The lowest BCUT2D eigenvalue weighted by Crippen LogP contribution is -1.95. The van der Waals surface area contributed by atoms with Crippen molar-refractivity contribution in [1.29, 1.82) is 0 Å². The fourth-order valence-electron chi connectivity index (χ4n) is 1.76. The van der Waals surface area contributed by atoms with Gasteiger partial charge in [-0.1, -0.05) is 0 Å². The van der Waals surface area contributed by atoms with Gasteiger partial charge < -0.3 is 4.57 Å². The fourth-order valence-corrected chi connectivity index (χ4v) is 2.39. The van der Waals surface area contributed by atoms with Gasteiger partial charge in [0.15, 0.2) is 5.82 Å². The first-order chi connectivity index (χ1) is 7.18. The molecule has 3 rings (SSSR count). The smallest absolute Gasteiger partial charge is 0.204 e. The van der Waals surface area contributed by atoms with Crippen molar-refractivity contribution in [1.82, 2.24) is 9.55 Å². The molecule has 0 radical (unpaired) electrons. The molecule has 0 bridgehead atoms. The lowest BCUT2D eigenvalue weighted by molar-refractivity contribution is 0.618. The van der Waals surface area contributed by atoms with Gasteiger partial charge in [0, 0.05) is 6.04 Å². The van der Waals surface area contributed by atoms with Gasteiger partial charge in [-0.15, -0.1) is 0 Å². The number of hydrogen-bond donors (Lipinski definition) is 0. The average Bonchev–Trinajstić information content (AvgIpc) is 2.97. The number of fused-ring (bicyclic) bond motifs is 1. The van der Waals surface area contributed by atoms with Gasteiger partial charge in [0.05, 0.1) is 9.99 Å². The van der Waals surface area contributed by atoms with Gasteiger partial charge in [-0.25, -0.2) is 9.37 Å². The highest BCUT2D eigenvalue weighted by atomic mass is 79.9. The minimum absolute atomic E-state index is 0.279. The third-order valence-electron chi connectivity index (χ3n) is 2.61. The van der Waals surface area contributed by atoms with Gasteiger partial charge in [0.25, 0.3) is 0 Å². The lowest BCUT2D eigenvalue weighted by atomic mass is 10.3. The van der Waals surface area contributed by atoms with E-state index in [1.165, 1.54) is 0 Å². The number of nitrogens with zero attached hydrogens (tertiary/aromatic N) is 2. The SMILES string of the molecule is Fc1c(Br)ccc2nc(Cl)n(C3CC3)c12. The second-order valence-electron chi connectivity index (χ2n) is 3.71. The number of aromatic nitrogens is 2. The molecule has 1 aliphatic rings. The molecular weight excluding hydrogens is 282 g/mol. The molecule has 2 nitrogen and oxygen atoms in total. The van der Waals surface area contributed by atoms with Crippen LogP contribution in [-0.2, 0) is 0 Å². The maximum Gasteiger partial charge on any atom is 0.204 e. The summed E-state index contributed by atoms with van der Waals surface area (Å²) in [5, 5.41) is 0.379. The number of halogens is 3. The highest BCUT2D eigenvalue weighted by Crippen LogP contribution is 2.41. The predicted octanol–water partition coefficient (Wildman–Crippen LogP) is 3.93. The first kappa shape index (κ1) is 9.60. The van der Waals surface area contributed by atoms with Crippen LogP contribution in [0.5, 0.6) is 0 Å². The van der Waals surface area contributed by atoms with E-state index < -0.39 is 0 Å². The molecule has 5 heteroatoms. The summed E-state index contributed by atoms with van der Waals surface area (Å²) in [6, 6.07) is 3.75. The molecule has 1 saturated carbocycles. The van der Waals surface area contributed by atoms with Crippen molar-refractivity contribution >= 4 is 38.6 Å². The average molecular weight is 290 g/mol. The zero-order chi connectivity index (χ0) is 10.6. The molecule has 0 unspecified atom stereocenters. The van der Waals surface area contributed by atoms with E-state index in [0.29, 0.717) is 26.8 Å². The van der Waals surface area contributed by atoms with Crippen LogP contribution in [0.1, 0.15) is 18.9 Å². The maximum absolute atomic E-state index is 13.9. The van der Waals surface area contributed by atoms with E-state index >= 15 is 0 Å². The Kier molecular flexibility index (Phi) is 2.04. The monoisotopic (exact) mass is 288 g/mol. The summed E-state index contributed by atoms with van der Waals surface area (Å²) < 4.78 is 16.1. The summed E-state index contributed by atoms with van der Waals surface area (Å²) >= 11 is 9.17. The topological polar surface area (TPSA) is 17.8 Å². The summed E-state index contributed by atoms with van der Waals surface area (Å²) in [6.07, 6.45) is 2.11. The van der Waals surface area contributed by atoms with Crippen LogP contribution in [0, 0.1) is 5.82 Å². The van der Waals surface area contributed by atoms with Crippen molar-refractivity contribution < 1.29 is 4.39 Å². The molecule has 1 fully saturated rings. The molecular formula is C10H7BrClFN2. The van der Waals surface area contributed by atoms with Gasteiger partial charge in [-0.2, -0.15) is 0 Å². The minimum Gasteiger partial charge on any atom is -0.309 e. The highest BCUT2D eigenvalue weighted by Gasteiger charge is 2.29. The van der Waals surface area contributed by atoms with E-state index in [2.05, 4.69) is 20.9 Å². The normalized spacial score (nSPS) is 16.2. The van der Waals surface area contributed by atoms with Gasteiger partial charge in [0.1, 0.15) is 5.52 Å². The first-order valence-electron chi connectivity index (χ1n) is 4.70. The molecule has 2 aromatic rings. The van der Waals surface area contributed by atoms with E-state index in [-0.39, 0.29) is 5.82 Å². The number of benzene rings is 1. The predicted molar refractivity (Wildman–Crippen MR) is 60.7 cm³/mol. The second kappa shape index (κ2) is 3.19. The van der Waals surface area contributed by atoms with Crippen molar-refractivity contribution in [3.8, 4) is 0 Å². The second-order valence-corrected chi connectivity index (χ2v) is 4.90. The van der Waals surface area contributed by atoms with Crippen LogP contribution < -0.4 is 0 Å². The van der Waals surface area contributed by atoms with E-state index in [4.69, 9.17) is 11.6 Å². The van der Waals surface area contributed by atoms with E-state index in [1.807, 2.05) is 0 Å². The van der Waals surface area contributed by atoms with E-state index in [0.717, 1.165) is 12.8 Å². The Morgan fingerprint density at radius 3 is 2.87 bits per heavy atom. The molecule has 1 heterocycles. The molecule has 0 N–H and O–H groups in total. The van der Waals surface area contributed by atoms with Crippen LogP contribution in [0.3, 0.4) is 0 Å². The van der Waals surface area contributed by atoms with Gasteiger partial charge in [0.2, 0.25) is 5.28 Å². The zero-order valence-corrected chi connectivity index (χ0v) is 10.0. The van der Waals surface area contributed by atoms with Gasteiger partial charge in [-0.05, 0) is 52.5 Å². The summed E-state index contributed by atoms with van der Waals surface area (Å²) in [6.45, 7) is 0. The molecule has 78 valence electrons. The third kappa shape index (κ3) is 1.39. The zero-order valence-electron chi connectivity index (χ0n) is 7.67. The van der Waals surface area contributed by atoms with Crippen molar-refractivity contribution in [2.45, 2.75) is 18.9 Å². The Balaban J connectivity index is 2.40. The van der Waals surface area contributed by atoms with Crippen LogP contribution in [0.25, 0.3) is 11.0 Å². The molecule has 0 aliphatic heterocycles. The molecule has 0 saturated heterocycles. The first-order valence-corrected chi connectivity index (χ1v) is 5.87. The van der Waals surface area contributed by atoms with Crippen LogP contribution in [-0.4, -0.2) is 9.55 Å². The minimum atomic E-state index is -0.279. The Hall–Kier alpha value is -0.610. The summed E-state index contributed by atoms with van der Waals surface area (Å²) in [7, 11) is 0. The summed E-state index contributed by atoms with van der Waals surface area (Å²) in [5.41, 5.74) is 1.13. The quantitative estimate of drug-likeness (QED) is 0.778. The standard InChI is InChI=1S/C10H7BrClFN2/c11-6-3-4-7-9(8(6)13)15(5-1-2-5)10(12)14-7/h3-5H,1-2H2.